The largest absolute Gasteiger partial charge is 0.494 e. The van der Waals surface area contributed by atoms with E-state index in [-0.39, 0.29) is 11.9 Å². The summed E-state index contributed by atoms with van der Waals surface area (Å²) in [5.41, 5.74) is 3.69. The predicted octanol–water partition coefficient (Wildman–Crippen LogP) is 4.57. The van der Waals surface area contributed by atoms with Crippen LogP contribution in [0.1, 0.15) is 37.7 Å². The molecule has 28 heavy (non-hydrogen) atoms. The van der Waals surface area contributed by atoms with Crippen molar-refractivity contribution in [3.63, 3.8) is 0 Å². The molecule has 0 saturated carbocycles. The van der Waals surface area contributed by atoms with Crippen LogP contribution in [-0.2, 0) is 11.3 Å². The van der Waals surface area contributed by atoms with Gasteiger partial charge >= 0.3 is 0 Å². The Labute approximate surface area is 166 Å². The van der Waals surface area contributed by atoms with E-state index in [2.05, 4.69) is 29.5 Å². The molecule has 0 aliphatic carbocycles. The second-order valence-corrected chi connectivity index (χ2v) is 7.10. The number of ether oxygens (including phenoxy) is 1. The van der Waals surface area contributed by atoms with Gasteiger partial charge in [-0.3, -0.25) is 4.79 Å². The Balaban J connectivity index is 1.72. The lowest BCUT2D eigenvalue weighted by Crippen LogP contribution is -2.29. The van der Waals surface area contributed by atoms with Crippen LogP contribution in [0, 0.1) is 6.92 Å². The van der Waals surface area contributed by atoms with Crippen molar-refractivity contribution in [3.05, 3.63) is 72.1 Å². The van der Waals surface area contributed by atoms with Gasteiger partial charge in [-0.1, -0.05) is 36.4 Å². The number of nitrogens with zero attached hydrogens (tertiary/aromatic N) is 2. The predicted molar refractivity (Wildman–Crippen MR) is 112 cm³/mol. The van der Waals surface area contributed by atoms with Crippen molar-refractivity contribution in [1.82, 2.24) is 14.9 Å². The van der Waals surface area contributed by atoms with Crippen LogP contribution < -0.4 is 10.1 Å². The topological polar surface area (TPSA) is 56.2 Å². The summed E-state index contributed by atoms with van der Waals surface area (Å²) in [6.45, 7) is 10.8. The van der Waals surface area contributed by atoms with Crippen LogP contribution in [0.3, 0.4) is 0 Å². The van der Waals surface area contributed by atoms with Gasteiger partial charge in [-0.25, -0.2) is 4.98 Å². The van der Waals surface area contributed by atoms with Gasteiger partial charge in [0.15, 0.2) is 0 Å². The fourth-order valence-electron chi connectivity index (χ4n) is 3.09. The van der Waals surface area contributed by atoms with E-state index in [0.717, 1.165) is 35.6 Å². The number of imidazole rings is 1. The van der Waals surface area contributed by atoms with Crippen molar-refractivity contribution in [2.75, 3.05) is 6.61 Å². The SMILES string of the molecule is C=C(C)C(=O)NC(C)c1nc2ccccc2n1CCCOc1ccc(C)cc1. The molecule has 3 rings (SSSR count). The smallest absolute Gasteiger partial charge is 0.246 e. The maximum Gasteiger partial charge on any atom is 0.246 e. The molecule has 0 aliphatic rings. The quantitative estimate of drug-likeness (QED) is 0.462. The normalized spacial score (nSPS) is 12.0. The van der Waals surface area contributed by atoms with E-state index >= 15 is 0 Å². The molecule has 0 aliphatic heterocycles. The van der Waals surface area contributed by atoms with Gasteiger partial charge < -0.3 is 14.6 Å². The van der Waals surface area contributed by atoms with E-state index in [1.807, 2.05) is 49.4 Å². The van der Waals surface area contributed by atoms with Crippen molar-refractivity contribution in [2.45, 2.75) is 39.8 Å². The number of para-hydroxylation sites is 2. The Morgan fingerprint density at radius 1 is 1.21 bits per heavy atom. The van der Waals surface area contributed by atoms with E-state index in [4.69, 9.17) is 9.72 Å². The van der Waals surface area contributed by atoms with Gasteiger partial charge in [0.2, 0.25) is 5.91 Å². The monoisotopic (exact) mass is 377 g/mol. The molecule has 1 N–H and O–H groups in total. The van der Waals surface area contributed by atoms with Crippen molar-refractivity contribution < 1.29 is 9.53 Å². The molecular weight excluding hydrogens is 350 g/mol. The maximum atomic E-state index is 12.0. The molecule has 0 spiro atoms. The minimum Gasteiger partial charge on any atom is -0.494 e. The van der Waals surface area contributed by atoms with Gasteiger partial charge in [-0.2, -0.15) is 0 Å². The number of fused-ring (bicyclic) bond motifs is 1. The molecule has 5 heteroatoms. The fourth-order valence-corrected chi connectivity index (χ4v) is 3.09. The third kappa shape index (κ3) is 4.60. The average molecular weight is 377 g/mol. The van der Waals surface area contributed by atoms with E-state index in [1.54, 1.807) is 6.92 Å². The molecule has 2 aromatic carbocycles. The zero-order chi connectivity index (χ0) is 20.1. The molecule has 0 radical (unpaired) electrons. The number of carbonyl (C=O) groups is 1. The first kappa shape index (κ1) is 19.7. The van der Waals surface area contributed by atoms with Crippen LogP contribution in [0.5, 0.6) is 5.75 Å². The van der Waals surface area contributed by atoms with Crippen molar-refractivity contribution in [1.29, 1.82) is 0 Å². The Morgan fingerprint density at radius 2 is 1.93 bits per heavy atom. The Kier molecular flexibility index (Phi) is 6.14. The zero-order valence-corrected chi connectivity index (χ0v) is 16.7. The summed E-state index contributed by atoms with van der Waals surface area (Å²) >= 11 is 0. The van der Waals surface area contributed by atoms with Gasteiger partial charge in [0.25, 0.3) is 0 Å². The first-order valence-corrected chi connectivity index (χ1v) is 9.56. The average Bonchev–Trinajstić information content (AvgIpc) is 3.05. The molecule has 1 amide bonds. The highest BCUT2D eigenvalue weighted by Gasteiger charge is 2.18. The Hall–Kier alpha value is -3.08. The Morgan fingerprint density at radius 3 is 2.64 bits per heavy atom. The number of nitrogens with one attached hydrogen (secondary N) is 1. The summed E-state index contributed by atoms with van der Waals surface area (Å²) in [5, 5.41) is 2.97. The summed E-state index contributed by atoms with van der Waals surface area (Å²) in [6.07, 6.45) is 0.836. The molecule has 0 bridgehead atoms. The van der Waals surface area contributed by atoms with Crippen LogP contribution in [0.4, 0.5) is 0 Å². The molecule has 0 saturated heterocycles. The van der Waals surface area contributed by atoms with Crippen LogP contribution in [0.15, 0.2) is 60.7 Å². The van der Waals surface area contributed by atoms with Gasteiger partial charge in [0.05, 0.1) is 23.7 Å². The van der Waals surface area contributed by atoms with Crippen molar-refractivity contribution in [2.24, 2.45) is 0 Å². The molecule has 146 valence electrons. The van der Waals surface area contributed by atoms with Gasteiger partial charge in [0, 0.05) is 12.1 Å². The number of amides is 1. The van der Waals surface area contributed by atoms with Crippen molar-refractivity contribution in [3.8, 4) is 5.75 Å². The van der Waals surface area contributed by atoms with Crippen LogP contribution >= 0.6 is 0 Å². The number of rotatable bonds is 8. The van der Waals surface area contributed by atoms with Gasteiger partial charge in [0.1, 0.15) is 11.6 Å². The first-order valence-electron chi connectivity index (χ1n) is 9.56. The van der Waals surface area contributed by atoms with Crippen LogP contribution in [0.25, 0.3) is 11.0 Å². The summed E-state index contributed by atoms with van der Waals surface area (Å²) in [4.78, 5) is 16.8. The lowest BCUT2D eigenvalue weighted by molar-refractivity contribution is -0.118. The molecule has 1 aromatic heterocycles. The van der Waals surface area contributed by atoms with Crippen LogP contribution in [0.2, 0.25) is 0 Å². The third-order valence-corrected chi connectivity index (χ3v) is 4.62. The second kappa shape index (κ2) is 8.74. The summed E-state index contributed by atoms with van der Waals surface area (Å²) in [6, 6.07) is 15.9. The molecule has 1 unspecified atom stereocenters. The summed E-state index contributed by atoms with van der Waals surface area (Å²) in [5.74, 6) is 1.56. The highest BCUT2D eigenvalue weighted by atomic mass is 16.5. The second-order valence-electron chi connectivity index (χ2n) is 7.10. The lowest BCUT2D eigenvalue weighted by Gasteiger charge is -2.16. The minimum absolute atomic E-state index is 0.159. The van der Waals surface area contributed by atoms with Crippen LogP contribution in [-0.4, -0.2) is 22.1 Å². The zero-order valence-electron chi connectivity index (χ0n) is 16.7. The van der Waals surface area contributed by atoms with E-state index < -0.39 is 0 Å². The van der Waals surface area contributed by atoms with Gasteiger partial charge in [-0.15, -0.1) is 0 Å². The number of hydrogen-bond donors (Lipinski definition) is 1. The lowest BCUT2D eigenvalue weighted by atomic mass is 10.2. The van der Waals surface area contributed by atoms with E-state index in [1.165, 1.54) is 5.56 Å². The molecular formula is C23H27N3O2. The van der Waals surface area contributed by atoms with Crippen molar-refractivity contribution >= 4 is 16.9 Å². The summed E-state index contributed by atoms with van der Waals surface area (Å²) < 4.78 is 8.02. The molecule has 1 heterocycles. The number of aromatic nitrogens is 2. The first-order chi connectivity index (χ1) is 13.5. The fraction of sp³-hybridized carbons (Fsp3) is 0.304. The number of benzene rings is 2. The molecule has 5 nitrogen and oxygen atoms in total. The highest BCUT2D eigenvalue weighted by molar-refractivity contribution is 5.92. The van der Waals surface area contributed by atoms with E-state index in [9.17, 15) is 4.79 Å². The maximum absolute atomic E-state index is 12.0. The number of hydrogen-bond acceptors (Lipinski definition) is 3. The molecule has 0 fully saturated rings. The number of carbonyl (C=O) groups excluding carboxylic acids is 1. The third-order valence-electron chi connectivity index (χ3n) is 4.62. The molecule has 1 atom stereocenters. The summed E-state index contributed by atoms with van der Waals surface area (Å²) in [7, 11) is 0. The Bertz CT molecular complexity index is 973. The van der Waals surface area contributed by atoms with Gasteiger partial charge in [-0.05, 0) is 51.5 Å². The standard InChI is InChI=1S/C23H27N3O2/c1-16(2)23(27)24-18(4)22-25-20-8-5-6-9-21(20)26(22)14-7-15-28-19-12-10-17(3)11-13-19/h5-6,8-13,18H,1,7,14-15H2,2-4H3,(H,24,27). The van der Waals surface area contributed by atoms with E-state index in [0.29, 0.717) is 12.2 Å². The molecule has 3 aromatic rings. The minimum atomic E-state index is -0.213. The highest BCUT2D eigenvalue weighted by Crippen LogP contribution is 2.22. The number of aryl methyl sites for hydroxylation is 2.